The van der Waals surface area contributed by atoms with Gasteiger partial charge < -0.3 is 9.64 Å². The summed E-state index contributed by atoms with van der Waals surface area (Å²) >= 11 is 0. The number of rotatable bonds is 5. The van der Waals surface area contributed by atoms with Crippen LogP contribution in [0.25, 0.3) is 0 Å². The minimum atomic E-state index is -0.120. The first-order valence-corrected chi connectivity index (χ1v) is 7.29. The quantitative estimate of drug-likeness (QED) is 0.769. The van der Waals surface area contributed by atoms with Crippen LogP contribution in [0.4, 0.5) is 0 Å². The Hall–Kier alpha value is -1.39. The van der Waals surface area contributed by atoms with E-state index in [-0.39, 0.29) is 5.97 Å². The van der Waals surface area contributed by atoms with Crippen LogP contribution < -0.4 is 0 Å². The lowest BCUT2D eigenvalue weighted by Gasteiger charge is -2.38. The maximum atomic E-state index is 11.2. The molecule has 1 fully saturated rings. The Bertz CT molecular complexity index is 414. The molecule has 0 saturated carbocycles. The molecule has 1 aromatic rings. The van der Waals surface area contributed by atoms with Crippen LogP contribution in [0.15, 0.2) is 30.3 Å². The van der Waals surface area contributed by atoms with Crippen LogP contribution in [0, 0.1) is 0 Å². The molecule has 1 aliphatic heterocycles. The van der Waals surface area contributed by atoms with Crippen LogP contribution in [0.5, 0.6) is 0 Å². The highest BCUT2D eigenvalue weighted by molar-refractivity contribution is 5.69. The molecule has 1 aliphatic rings. The van der Waals surface area contributed by atoms with Gasteiger partial charge >= 0.3 is 5.97 Å². The van der Waals surface area contributed by atoms with E-state index in [1.54, 1.807) is 0 Å². The molecule has 0 aliphatic carbocycles. The van der Waals surface area contributed by atoms with Crippen molar-refractivity contribution in [3.05, 3.63) is 35.9 Å². The van der Waals surface area contributed by atoms with Gasteiger partial charge in [-0.1, -0.05) is 30.3 Å². The normalized spacial score (nSPS) is 18.7. The Morgan fingerprint density at radius 2 is 1.85 bits per heavy atom. The molecule has 0 bridgehead atoms. The van der Waals surface area contributed by atoms with Gasteiger partial charge in [0.1, 0.15) is 0 Å². The van der Waals surface area contributed by atoms with Crippen molar-refractivity contribution < 1.29 is 9.53 Å². The molecule has 110 valence electrons. The van der Waals surface area contributed by atoms with E-state index in [1.807, 2.05) is 0 Å². The summed E-state index contributed by atoms with van der Waals surface area (Å²) in [4.78, 5) is 16.0. The fraction of sp³-hybridized carbons (Fsp3) is 0.562. The minimum Gasteiger partial charge on any atom is -0.469 e. The van der Waals surface area contributed by atoms with Crippen LogP contribution in [0.3, 0.4) is 0 Å². The second-order valence-electron chi connectivity index (χ2n) is 5.29. The highest BCUT2D eigenvalue weighted by atomic mass is 16.5. The lowest BCUT2D eigenvalue weighted by molar-refractivity contribution is -0.141. The van der Waals surface area contributed by atoms with Crippen molar-refractivity contribution in [2.24, 2.45) is 0 Å². The Morgan fingerprint density at radius 1 is 1.20 bits per heavy atom. The molecule has 20 heavy (non-hydrogen) atoms. The van der Waals surface area contributed by atoms with E-state index in [2.05, 4.69) is 51.8 Å². The fourth-order valence-corrected chi connectivity index (χ4v) is 2.67. The van der Waals surface area contributed by atoms with E-state index in [9.17, 15) is 4.79 Å². The second-order valence-corrected chi connectivity index (χ2v) is 5.29. The molecule has 0 aromatic heterocycles. The summed E-state index contributed by atoms with van der Waals surface area (Å²) in [6.07, 6.45) is 0.491. The van der Waals surface area contributed by atoms with E-state index >= 15 is 0 Å². The number of benzene rings is 1. The van der Waals surface area contributed by atoms with Crippen molar-refractivity contribution in [2.45, 2.75) is 19.4 Å². The third-order valence-electron chi connectivity index (χ3n) is 4.10. The third kappa shape index (κ3) is 4.05. The second kappa shape index (κ2) is 7.41. The topological polar surface area (TPSA) is 32.8 Å². The van der Waals surface area contributed by atoms with Crippen molar-refractivity contribution in [3.63, 3.8) is 0 Å². The van der Waals surface area contributed by atoms with Crippen LogP contribution >= 0.6 is 0 Å². The Labute approximate surface area is 121 Å². The number of carbonyl (C=O) groups excluding carboxylic acids is 1. The average molecular weight is 276 g/mol. The third-order valence-corrected chi connectivity index (χ3v) is 4.10. The predicted molar refractivity (Wildman–Crippen MR) is 79.5 cm³/mol. The highest BCUT2D eigenvalue weighted by Crippen LogP contribution is 2.21. The van der Waals surface area contributed by atoms with E-state index in [1.165, 1.54) is 12.7 Å². The molecule has 1 unspecified atom stereocenters. The number of methoxy groups -OCH3 is 1. The zero-order chi connectivity index (χ0) is 14.4. The number of hydrogen-bond acceptors (Lipinski definition) is 4. The van der Waals surface area contributed by atoms with Crippen molar-refractivity contribution in [3.8, 4) is 0 Å². The van der Waals surface area contributed by atoms with Gasteiger partial charge in [-0.3, -0.25) is 9.69 Å². The lowest BCUT2D eigenvalue weighted by Crippen LogP contribution is -2.47. The summed E-state index contributed by atoms with van der Waals surface area (Å²) in [5.41, 5.74) is 1.37. The van der Waals surface area contributed by atoms with Crippen LogP contribution in [0.1, 0.15) is 24.9 Å². The lowest BCUT2D eigenvalue weighted by atomic mass is 10.1. The molecule has 0 N–H and O–H groups in total. The van der Waals surface area contributed by atoms with Crippen molar-refractivity contribution >= 4 is 5.97 Å². The van der Waals surface area contributed by atoms with Gasteiger partial charge in [0.05, 0.1) is 13.5 Å². The van der Waals surface area contributed by atoms with Gasteiger partial charge in [-0.2, -0.15) is 0 Å². The summed E-state index contributed by atoms with van der Waals surface area (Å²) < 4.78 is 4.68. The van der Waals surface area contributed by atoms with Gasteiger partial charge in [0.25, 0.3) is 0 Å². The van der Waals surface area contributed by atoms with E-state index in [0.29, 0.717) is 12.5 Å². The van der Waals surface area contributed by atoms with Crippen LogP contribution in [-0.2, 0) is 9.53 Å². The summed E-state index contributed by atoms with van der Waals surface area (Å²) in [5.74, 6) is -0.120. The molecule has 0 spiro atoms. The molecule has 0 radical (unpaired) electrons. The van der Waals surface area contributed by atoms with Gasteiger partial charge in [-0.05, 0) is 12.5 Å². The number of carbonyl (C=O) groups is 1. The zero-order valence-corrected chi connectivity index (χ0v) is 12.4. The van der Waals surface area contributed by atoms with Gasteiger partial charge in [-0.25, -0.2) is 0 Å². The van der Waals surface area contributed by atoms with Crippen molar-refractivity contribution in [1.82, 2.24) is 9.80 Å². The van der Waals surface area contributed by atoms with Gasteiger partial charge in [0.2, 0.25) is 0 Å². The summed E-state index contributed by atoms with van der Waals surface area (Å²) in [6.45, 7) is 7.22. The summed E-state index contributed by atoms with van der Waals surface area (Å²) in [6, 6.07) is 11.1. The molecule has 1 aromatic carbocycles. The number of nitrogens with zero attached hydrogens (tertiary/aromatic N) is 2. The van der Waals surface area contributed by atoms with Crippen molar-refractivity contribution in [1.29, 1.82) is 0 Å². The zero-order valence-electron chi connectivity index (χ0n) is 12.4. The molecule has 1 saturated heterocycles. The SMILES string of the molecule is COC(=O)CCN1CCN(C(C)c2ccccc2)CC1. The Kier molecular flexibility index (Phi) is 5.56. The minimum absolute atomic E-state index is 0.120. The Balaban J connectivity index is 1.78. The molecule has 1 atom stereocenters. The largest absolute Gasteiger partial charge is 0.469 e. The van der Waals surface area contributed by atoms with Gasteiger partial charge in [0, 0.05) is 38.8 Å². The maximum absolute atomic E-state index is 11.2. The van der Waals surface area contributed by atoms with E-state index in [4.69, 9.17) is 0 Å². The standard InChI is InChI=1S/C16H24N2O2/c1-14(15-6-4-3-5-7-15)18-12-10-17(11-13-18)9-8-16(19)20-2/h3-7,14H,8-13H2,1-2H3. The molecule has 4 nitrogen and oxygen atoms in total. The fourth-order valence-electron chi connectivity index (χ4n) is 2.67. The first kappa shape index (κ1) is 15.0. The summed E-state index contributed by atoms with van der Waals surface area (Å²) in [7, 11) is 1.45. The van der Waals surface area contributed by atoms with Crippen molar-refractivity contribution in [2.75, 3.05) is 39.8 Å². The predicted octanol–water partition coefficient (Wildman–Crippen LogP) is 1.93. The molecule has 1 heterocycles. The highest BCUT2D eigenvalue weighted by Gasteiger charge is 2.22. The average Bonchev–Trinajstić information content (AvgIpc) is 2.53. The van der Waals surface area contributed by atoms with Crippen LogP contribution in [0.2, 0.25) is 0 Å². The number of ether oxygens (including phenoxy) is 1. The van der Waals surface area contributed by atoms with E-state index < -0.39 is 0 Å². The van der Waals surface area contributed by atoms with Crippen LogP contribution in [-0.4, -0.2) is 55.6 Å². The molecular weight excluding hydrogens is 252 g/mol. The molecular formula is C16H24N2O2. The molecule has 0 amide bonds. The number of esters is 1. The monoisotopic (exact) mass is 276 g/mol. The van der Waals surface area contributed by atoms with Gasteiger partial charge in [0.15, 0.2) is 0 Å². The Morgan fingerprint density at radius 3 is 2.45 bits per heavy atom. The number of piperazine rings is 1. The molecule has 4 heteroatoms. The number of hydrogen-bond donors (Lipinski definition) is 0. The van der Waals surface area contributed by atoms with E-state index in [0.717, 1.165) is 32.7 Å². The summed E-state index contributed by atoms with van der Waals surface area (Å²) in [5, 5.41) is 0. The van der Waals surface area contributed by atoms with Gasteiger partial charge in [-0.15, -0.1) is 0 Å². The maximum Gasteiger partial charge on any atom is 0.306 e. The smallest absolute Gasteiger partial charge is 0.306 e. The first-order valence-electron chi connectivity index (χ1n) is 7.29. The first-order chi connectivity index (χ1) is 9.70. The molecule has 2 rings (SSSR count).